The van der Waals surface area contributed by atoms with Gasteiger partial charge in [0.1, 0.15) is 17.3 Å². The Morgan fingerprint density at radius 2 is 2.12 bits per heavy atom. The molecule has 0 bridgehead atoms. The summed E-state index contributed by atoms with van der Waals surface area (Å²) in [5.74, 6) is -1.55. The van der Waals surface area contributed by atoms with Crippen molar-refractivity contribution in [3.8, 4) is 0 Å². The number of carbonyl (C=O) groups is 1. The maximum Gasteiger partial charge on any atom is 0.271 e. The highest BCUT2D eigenvalue weighted by atomic mass is 19.1. The molecular formula is C17H17F2N3O2. The molecule has 0 aliphatic heterocycles. The van der Waals surface area contributed by atoms with E-state index in [2.05, 4.69) is 15.3 Å². The van der Waals surface area contributed by atoms with Gasteiger partial charge in [-0.25, -0.2) is 13.8 Å². The Hall–Kier alpha value is -2.57. The third-order valence-electron chi connectivity index (χ3n) is 4.52. The summed E-state index contributed by atoms with van der Waals surface area (Å²) in [6.45, 7) is 0.378. The van der Waals surface area contributed by atoms with E-state index in [1.165, 1.54) is 18.3 Å². The van der Waals surface area contributed by atoms with Gasteiger partial charge >= 0.3 is 0 Å². The molecule has 0 saturated heterocycles. The first kappa shape index (κ1) is 16.3. The zero-order chi connectivity index (χ0) is 17.2. The fourth-order valence-electron chi connectivity index (χ4n) is 2.99. The molecule has 126 valence electrons. The Labute approximate surface area is 137 Å². The second kappa shape index (κ2) is 6.51. The van der Waals surface area contributed by atoms with Crippen molar-refractivity contribution in [2.75, 3.05) is 6.54 Å². The van der Waals surface area contributed by atoms with Gasteiger partial charge < -0.3 is 10.3 Å². The predicted molar refractivity (Wildman–Crippen MR) is 83.5 cm³/mol. The normalized spacial score (nSPS) is 15.6. The van der Waals surface area contributed by atoms with E-state index >= 15 is 0 Å². The minimum atomic E-state index is -0.601. The number of hydrogen-bond acceptors (Lipinski definition) is 3. The lowest BCUT2D eigenvalue weighted by Crippen LogP contribution is -2.44. The van der Waals surface area contributed by atoms with Crippen molar-refractivity contribution in [3.05, 3.63) is 63.8 Å². The molecule has 0 atom stereocenters. The van der Waals surface area contributed by atoms with Gasteiger partial charge in [-0.15, -0.1) is 0 Å². The molecule has 1 aliphatic carbocycles. The van der Waals surface area contributed by atoms with Crippen LogP contribution in [0.5, 0.6) is 0 Å². The van der Waals surface area contributed by atoms with Crippen LogP contribution in [0.3, 0.4) is 0 Å². The first-order chi connectivity index (χ1) is 11.5. The second-order valence-corrected chi connectivity index (χ2v) is 6.25. The fourth-order valence-corrected chi connectivity index (χ4v) is 2.99. The lowest BCUT2D eigenvalue weighted by molar-refractivity contribution is 0.0853. The molecular weight excluding hydrogens is 316 g/mol. The smallest absolute Gasteiger partial charge is 0.271 e. The standard InChI is InChI=1S/C17H17F2N3O2/c18-12-3-2-11(13(19)6-12)7-17(4-1-5-17)10-22-16(24)14-8-21-15(23)9-20-14/h2-3,6,8-9H,1,4-5,7,10H2,(H,21,23)(H,22,24). The molecule has 3 rings (SSSR count). The molecule has 1 aromatic carbocycles. The maximum absolute atomic E-state index is 13.9. The summed E-state index contributed by atoms with van der Waals surface area (Å²) in [5.41, 5.74) is -0.0328. The molecule has 2 aromatic rings. The highest BCUT2D eigenvalue weighted by Crippen LogP contribution is 2.43. The third-order valence-corrected chi connectivity index (χ3v) is 4.52. The highest BCUT2D eigenvalue weighted by Gasteiger charge is 2.38. The Morgan fingerprint density at radius 3 is 2.71 bits per heavy atom. The van der Waals surface area contributed by atoms with Crippen LogP contribution >= 0.6 is 0 Å². The summed E-state index contributed by atoms with van der Waals surface area (Å²) in [7, 11) is 0. The predicted octanol–water partition coefficient (Wildman–Crippen LogP) is 2.19. The summed E-state index contributed by atoms with van der Waals surface area (Å²) in [4.78, 5) is 29.2. The van der Waals surface area contributed by atoms with Crippen molar-refractivity contribution in [2.45, 2.75) is 25.7 Å². The molecule has 1 heterocycles. The van der Waals surface area contributed by atoms with E-state index in [0.29, 0.717) is 18.5 Å². The Balaban J connectivity index is 1.66. The topological polar surface area (TPSA) is 74.8 Å². The molecule has 0 spiro atoms. The number of nitrogens with one attached hydrogen (secondary N) is 2. The average molecular weight is 333 g/mol. The number of nitrogens with zero attached hydrogens (tertiary/aromatic N) is 1. The van der Waals surface area contributed by atoms with E-state index in [9.17, 15) is 18.4 Å². The van der Waals surface area contributed by atoms with Crippen LogP contribution in [-0.4, -0.2) is 22.4 Å². The van der Waals surface area contributed by atoms with Crippen molar-refractivity contribution >= 4 is 5.91 Å². The molecule has 1 amide bonds. The van der Waals surface area contributed by atoms with E-state index in [0.717, 1.165) is 31.5 Å². The van der Waals surface area contributed by atoms with Crippen molar-refractivity contribution in [2.24, 2.45) is 5.41 Å². The molecule has 0 unspecified atom stereocenters. The SMILES string of the molecule is O=C(NCC1(Cc2ccc(F)cc2F)CCC1)c1c[nH]c(=O)cn1. The van der Waals surface area contributed by atoms with Gasteiger partial charge in [0.25, 0.3) is 11.5 Å². The highest BCUT2D eigenvalue weighted by molar-refractivity contribution is 5.91. The number of rotatable bonds is 5. The van der Waals surface area contributed by atoms with Crippen molar-refractivity contribution < 1.29 is 13.6 Å². The molecule has 2 N–H and O–H groups in total. The first-order valence-electron chi connectivity index (χ1n) is 7.74. The lowest BCUT2D eigenvalue weighted by Gasteiger charge is -2.42. The Kier molecular flexibility index (Phi) is 4.42. The number of hydrogen-bond donors (Lipinski definition) is 2. The summed E-state index contributed by atoms with van der Waals surface area (Å²) >= 11 is 0. The van der Waals surface area contributed by atoms with E-state index in [1.807, 2.05) is 0 Å². The van der Waals surface area contributed by atoms with E-state index in [1.54, 1.807) is 0 Å². The molecule has 5 nitrogen and oxygen atoms in total. The van der Waals surface area contributed by atoms with Gasteiger partial charge in [-0.2, -0.15) is 0 Å². The number of H-pyrrole nitrogens is 1. The Morgan fingerprint density at radius 1 is 1.33 bits per heavy atom. The van der Waals surface area contributed by atoms with Crippen LogP contribution in [0.15, 0.2) is 35.4 Å². The number of aromatic amines is 1. The van der Waals surface area contributed by atoms with Gasteiger partial charge in [0, 0.05) is 18.8 Å². The first-order valence-corrected chi connectivity index (χ1v) is 7.74. The van der Waals surface area contributed by atoms with Crippen LogP contribution in [0.2, 0.25) is 0 Å². The molecule has 24 heavy (non-hydrogen) atoms. The third kappa shape index (κ3) is 3.50. The minimum absolute atomic E-state index is 0.122. The van der Waals surface area contributed by atoms with Crippen LogP contribution < -0.4 is 10.9 Å². The summed E-state index contributed by atoms with van der Waals surface area (Å²) in [6, 6.07) is 3.58. The zero-order valence-corrected chi connectivity index (χ0v) is 12.9. The van der Waals surface area contributed by atoms with Crippen molar-refractivity contribution in [1.29, 1.82) is 0 Å². The van der Waals surface area contributed by atoms with E-state index in [-0.39, 0.29) is 16.7 Å². The van der Waals surface area contributed by atoms with Gasteiger partial charge in [-0.3, -0.25) is 9.59 Å². The Bertz CT molecular complexity index is 795. The van der Waals surface area contributed by atoms with Gasteiger partial charge in [0.2, 0.25) is 0 Å². The van der Waals surface area contributed by atoms with Gasteiger partial charge in [0.15, 0.2) is 0 Å². The molecule has 1 aliphatic rings. The minimum Gasteiger partial charge on any atom is -0.350 e. The van der Waals surface area contributed by atoms with Crippen LogP contribution in [0.25, 0.3) is 0 Å². The van der Waals surface area contributed by atoms with Gasteiger partial charge in [-0.1, -0.05) is 12.5 Å². The van der Waals surface area contributed by atoms with Crippen LogP contribution in [0.1, 0.15) is 35.3 Å². The summed E-state index contributed by atoms with van der Waals surface area (Å²) < 4.78 is 26.9. The number of halogens is 2. The van der Waals surface area contributed by atoms with Gasteiger partial charge in [0.05, 0.1) is 6.20 Å². The molecule has 1 aromatic heterocycles. The number of benzene rings is 1. The largest absolute Gasteiger partial charge is 0.350 e. The number of aromatic nitrogens is 2. The molecule has 1 saturated carbocycles. The van der Waals surface area contributed by atoms with Gasteiger partial charge in [-0.05, 0) is 36.3 Å². The molecule has 1 fully saturated rings. The monoisotopic (exact) mass is 333 g/mol. The quantitative estimate of drug-likeness (QED) is 0.881. The summed E-state index contributed by atoms with van der Waals surface area (Å²) in [6.07, 6.45) is 5.48. The zero-order valence-electron chi connectivity index (χ0n) is 12.9. The van der Waals surface area contributed by atoms with Crippen molar-refractivity contribution in [1.82, 2.24) is 15.3 Å². The van der Waals surface area contributed by atoms with Crippen molar-refractivity contribution in [3.63, 3.8) is 0 Å². The summed E-state index contributed by atoms with van der Waals surface area (Å²) in [5, 5.41) is 2.79. The molecule has 0 radical (unpaired) electrons. The van der Waals surface area contributed by atoms with E-state index in [4.69, 9.17) is 0 Å². The average Bonchev–Trinajstić information content (AvgIpc) is 2.52. The fraction of sp³-hybridized carbons (Fsp3) is 0.353. The number of carbonyl (C=O) groups excluding carboxylic acids is 1. The lowest BCUT2D eigenvalue weighted by atomic mass is 9.65. The van der Waals surface area contributed by atoms with Crippen LogP contribution in [-0.2, 0) is 6.42 Å². The maximum atomic E-state index is 13.9. The van der Waals surface area contributed by atoms with Crippen LogP contribution in [0, 0.1) is 17.0 Å². The number of amides is 1. The molecule has 7 heteroatoms. The van der Waals surface area contributed by atoms with E-state index < -0.39 is 17.5 Å². The second-order valence-electron chi connectivity index (χ2n) is 6.25. The van der Waals surface area contributed by atoms with Crippen LogP contribution in [0.4, 0.5) is 8.78 Å².